The SMILES string of the molecule is CC(CCNS(=O)(=O)c1ccc(F)c(F)c1F)C(=O)O. The molecule has 1 aromatic rings. The number of carboxylic acid groups (broad SMARTS) is 1. The summed E-state index contributed by atoms with van der Waals surface area (Å²) in [5.41, 5.74) is 0. The lowest BCUT2D eigenvalue weighted by Gasteiger charge is -2.10. The standard InChI is InChI=1S/C11H12F3NO4S/c1-6(11(16)17)4-5-15-20(18,19)8-3-2-7(12)9(13)10(8)14/h2-3,6,15H,4-5H2,1H3,(H,16,17). The highest BCUT2D eigenvalue weighted by Crippen LogP contribution is 2.19. The first-order valence-electron chi connectivity index (χ1n) is 5.52. The molecule has 0 fully saturated rings. The lowest BCUT2D eigenvalue weighted by atomic mass is 10.1. The third-order valence-corrected chi connectivity index (χ3v) is 4.06. The predicted molar refractivity (Wildman–Crippen MR) is 62.9 cm³/mol. The van der Waals surface area contributed by atoms with Crippen LogP contribution in [0.25, 0.3) is 0 Å². The highest BCUT2D eigenvalue weighted by Gasteiger charge is 2.24. The van der Waals surface area contributed by atoms with Crippen LogP contribution in [0.4, 0.5) is 13.2 Å². The molecule has 0 saturated heterocycles. The highest BCUT2D eigenvalue weighted by atomic mass is 32.2. The van der Waals surface area contributed by atoms with Gasteiger partial charge in [-0.15, -0.1) is 0 Å². The van der Waals surface area contributed by atoms with Crippen molar-refractivity contribution in [3.05, 3.63) is 29.6 Å². The van der Waals surface area contributed by atoms with E-state index in [2.05, 4.69) is 0 Å². The predicted octanol–water partition coefficient (Wildman–Crippen LogP) is 1.49. The van der Waals surface area contributed by atoms with Gasteiger partial charge < -0.3 is 5.11 Å². The topological polar surface area (TPSA) is 83.5 Å². The maximum absolute atomic E-state index is 13.3. The summed E-state index contributed by atoms with van der Waals surface area (Å²) in [6.07, 6.45) is -0.0279. The molecule has 2 N–H and O–H groups in total. The minimum Gasteiger partial charge on any atom is -0.481 e. The Hall–Kier alpha value is -1.61. The van der Waals surface area contributed by atoms with E-state index in [0.717, 1.165) is 0 Å². The van der Waals surface area contributed by atoms with E-state index in [1.807, 2.05) is 4.72 Å². The molecular weight excluding hydrogens is 299 g/mol. The lowest BCUT2D eigenvalue weighted by Crippen LogP contribution is -2.28. The van der Waals surface area contributed by atoms with Crippen LogP contribution in [0.1, 0.15) is 13.3 Å². The lowest BCUT2D eigenvalue weighted by molar-refractivity contribution is -0.141. The number of benzene rings is 1. The molecule has 112 valence electrons. The molecule has 0 aliphatic carbocycles. The van der Waals surface area contributed by atoms with Crippen LogP contribution in [0.2, 0.25) is 0 Å². The van der Waals surface area contributed by atoms with E-state index in [-0.39, 0.29) is 13.0 Å². The summed E-state index contributed by atoms with van der Waals surface area (Å²) in [5, 5.41) is 8.61. The van der Waals surface area contributed by atoms with Crippen molar-refractivity contribution in [2.75, 3.05) is 6.54 Å². The van der Waals surface area contributed by atoms with Gasteiger partial charge in [-0.1, -0.05) is 6.92 Å². The van der Waals surface area contributed by atoms with Crippen molar-refractivity contribution < 1.29 is 31.5 Å². The van der Waals surface area contributed by atoms with Crippen LogP contribution in [0.5, 0.6) is 0 Å². The quantitative estimate of drug-likeness (QED) is 0.780. The van der Waals surface area contributed by atoms with Crippen molar-refractivity contribution in [1.82, 2.24) is 4.72 Å². The zero-order valence-electron chi connectivity index (χ0n) is 10.4. The van der Waals surface area contributed by atoms with Crippen molar-refractivity contribution in [2.45, 2.75) is 18.2 Å². The van der Waals surface area contributed by atoms with Gasteiger partial charge in [0.25, 0.3) is 0 Å². The van der Waals surface area contributed by atoms with Gasteiger partial charge in [-0.05, 0) is 18.6 Å². The van der Waals surface area contributed by atoms with Gasteiger partial charge in [0, 0.05) is 6.54 Å². The fraction of sp³-hybridized carbons (Fsp3) is 0.364. The molecule has 1 atom stereocenters. The van der Waals surface area contributed by atoms with Gasteiger partial charge >= 0.3 is 5.97 Å². The average Bonchev–Trinajstić information content (AvgIpc) is 2.35. The molecule has 0 radical (unpaired) electrons. The second-order valence-electron chi connectivity index (χ2n) is 4.10. The zero-order chi connectivity index (χ0) is 15.5. The monoisotopic (exact) mass is 311 g/mol. The molecule has 0 amide bonds. The molecular formula is C11H12F3NO4S. The molecule has 1 rings (SSSR count). The van der Waals surface area contributed by atoms with Crippen molar-refractivity contribution in [2.24, 2.45) is 5.92 Å². The maximum Gasteiger partial charge on any atom is 0.306 e. The first-order valence-corrected chi connectivity index (χ1v) is 7.01. The summed E-state index contributed by atoms with van der Waals surface area (Å²) in [6.45, 7) is 1.10. The number of sulfonamides is 1. The third-order valence-electron chi connectivity index (χ3n) is 2.58. The number of carboxylic acids is 1. The van der Waals surface area contributed by atoms with Gasteiger partial charge in [-0.25, -0.2) is 26.3 Å². The zero-order valence-corrected chi connectivity index (χ0v) is 11.2. The summed E-state index contributed by atoms with van der Waals surface area (Å²) in [6, 6.07) is 1.09. The number of aliphatic carboxylic acids is 1. The smallest absolute Gasteiger partial charge is 0.306 e. The van der Waals surface area contributed by atoms with Gasteiger partial charge in [0.1, 0.15) is 4.90 Å². The van der Waals surface area contributed by atoms with Gasteiger partial charge in [-0.2, -0.15) is 0 Å². The van der Waals surface area contributed by atoms with E-state index in [4.69, 9.17) is 5.11 Å². The van der Waals surface area contributed by atoms with Gasteiger partial charge in [0.15, 0.2) is 17.5 Å². The maximum atomic E-state index is 13.3. The fourth-order valence-electron chi connectivity index (χ4n) is 1.33. The first kappa shape index (κ1) is 16.4. The fourth-order valence-corrected chi connectivity index (χ4v) is 2.44. The van der Waals surface area contributed by atoms with Gasteiger partial charge in [-0.3, -0.25) is 4.79 Å². The van der Waals surface area contributed by atoms with Crippen LogP contribution in [0.15, 0.2) is 17.0 Å². The molecule has 0 aliphatic rings. The molecule has 5 nitrogen and oxygen atoms in total. The number of nitrogens with one attached hydrogen (secondary N) is 1. The Morgan fingerprint density at radius 2 is 1.90 bits per heavy atom. The van der Waals surface area contributed by atoms with Gasteiger partial charge in [0.05, 0.1) is 5.92 Å². The van der Waals surface area contributed by atoms with Crippen LogP contribution >= 0.6 is 0 Å². The summed E-state index contributed by atoms with van der Waals surface area (Å²) >= 11 is 0. The number of rotatable bonds is 6. The molecule has 0 heterocycles. The van der Waals surface area contributed by atoms with Crippen LogP contribution in [0.3, 0.4) is 0 Å². The molecule has 0 saturated carbocycles. The molecule has 1 unspecified atom stereocenters. The Balaban J connectivity index is 2.85. The summed E-state index contributed by atoms with van der Waals surface area (Å²) in [7, 11) is -4.38. The van der Waals surface area contributed by atoms with Crippen LogP contribution in [-0.2, 0) is 14.8 Å². The van der Waals surface area contributed by atoms with Crippen molar-refractivity contribution >= 4 is 16.0 Å². The molecule has 9 heteroatoms. The van der Waals surface area contributed by atoms with Crippen LogP contribution in [0, 0.1) is 23.4 Å². The van der Waals surface area contributed by atoms with Crippen molar-refractivity contribution in [3.63, 3.8) is 0 Å². The first-order chi connectivity index (χ1) is 9.16. The van der Waals surface area contributed by atoms with Gasteiger partial charge in [0.2, 0.25) is 10.0 Å². The third kappa shape index (κ3) is 3.70. The molecule has 20 heavy (non-hydrogen) atoms. The Bertz CT molecular complexity index is 618. The van der Waals surface area contributed by atoms with E-state index >= 15 is 0 Å². The number of hydrogen-bond acceptors (Lipinski definition) is 3. The minimum atomic E-state index is -4.38. The summed E-state index contributed by atoms with van der Waals surface area (Å²) in [4.78, 5) is 9.50. The summed E-state index contributed by atoms with van der Waals surface area (Å²) < 4.78 is 64.3. The second-order valence-corrected chi connectivity index (χ2v) is 5.83. The minimum absolute atomic E-state index is 0.0279. The Labute approximate surface area is 113 Å². The van der Waals surface area contributed by atoms with Crippen LogP contribution < -0.4 is 4.72 Å². The second kappa shape index (κ2) is 6.23. The molecule has 0 bridgehead atoms. The molecule has 0 spiro atoms. The molecule has 0 aromatic heterocycles. The largest absolute Gasteiger partial charge is 0.481 e. The molecule has 1 aromatic carbocycles. The van der Waals surface area contributed by atoms with Crippen molar-refractivity contribution in [1.29, 1.82) is 0 Å². The van der Waals surface area contributed by atoms with E-state index in [1.54, 1.807) is 0 Å². The Kier molecular flexibility index (Phi) is 5.12. The van der Waals surface area contributed by atoms with E-state index in [1.165, 1.54) is 6.92 Å². The molecule has 0 aliphatic heterocycles. The average molecular weight is 311 g/mol. The van der Waals surface area contributed by atoms with Crippen LogP contribution in [-0.4, -0.2) is 26.0 Å². The van der Waals surface area contributed by atoms with E-state index in [9.17, 15) is 26.4 Å². The number of halogens is 3. The highest BCUT2D eigenvalue weighted by molar-refractivity contribution is 7.89. The Morgan fingerprint density at radius 3 is 2.45 bits per heavy atom. The van der Waals surface area contributed by atoms with Crippen molar-refractivity contribution in [3.8, 4) is 0 Å². The van der Waals surface area contributed by atoms with E-state index < -0.39 is 44.3 Å². The Morgan fingerprint density at radius 1 is 1.30 bits per heavy atom. The van der Waals surface area contributed by atoms with E-state index in [0.29, 0.717) is 12.1 Å². The number of hydrogen-bond donors (Lipinski definition) is 2. The normalized spacial score (nSPS) is 13.2. The number of carbonyl (C=O) groups is 1. The summed E-state index contributed by atoms with van der Waals surface area (Å²) in [5.74, 6) is -7.10.